The van der Waals surface area contributed by atoms with Gasteiger partial charge in [-0.2, -0.15) is 0 Å². The lowest BCUT2D eigenvalue weighted by atomic mass is 9.51. The second-order valence-electron chi connectivity index (χ2n) is 9.31. The summed E-state index contributed by atoms with van der Waals surface area (Å²) in [5.74, 6) is 0.177. The maximum Gasteiger partial charge on any atom is 0.330 e. The van der Waals surface area contributed by atoms with Crippen molar-refractivity contribution in [1.82, 2.24) is 0 Å². The van der Waals surface area contributed by atoms with Crippen molar-refractivity contribution in [2.75, 3.05) is 7.11 Å². The van der Waals surface area contributed by atoms with Gasteiger partial charge in [0.15, 0.2) is 0 Å². The summed E-state index contributed by atoms with van der Waals surface area (Å²) in [6.45, 7) is 12.6. The Balaban J connectivity index is 2.42. The molecule has 0 saturated heterocycles. The van der Waals surface area contributed by atoms with Gasteiger partial charge in [0.2, 0.25) is 0 Å². The van der Waals surface area contributed by atoms with Crippen molar-refractivity contribution in [2.24, 2.45) is 22.7 Å². The average molecular weight is 377 g/mol. The number of rotatable bonds is 5. The minimum Gasteiger partial charge on any atom is -0.466 e. The largest absolute Gasteiger partial charge is 0.466 e. The Bertz CT molecular complexity index is 643. The van der Waals surface area contributed by atoms with E-state index in [9.17, 15) is 9.59 Å². The van der Waals surface area contributed by atoms with Crippen LogP contribution in [0.25, 0.3) is 0 Å². The van der Waals surface area contributed by atoms with Gasteiger partial charge in [-0.05, 0) is 43.4 Å². The van der Waals surface area contributed by atoms with Crippen LogP contribution in [0.4, 0.5) is 0 Å². The molecule has 2 rings (SSSR count). The first-order chi connectivity index (χ1) is 12.5. The number of esters is 2. The number of carbonyl (C=O) groups excluding carboxylic acids is 2. The van der Waals surface area contributed by atoms with Crippen LogP contribution < -0.4 is 0 Å². The number of allylic oxidation sites excluding steroid dienone is 2. The molecule has 0 bridgehead atoms. The molecule has 1 fully saturated rings. The van der Waals surface area contributed by atoms with Crippen LogP contribution in [0.2, 0.25) is 0 Å². The molecule has 0 N–H and O–H groups in total. The highest BCUT2D eigenvalue weighted by Gasteiger charge is 2.53. The number of hydrogen-bond acceptors (Lipinski definition) is 4. The minimum atomic E-state index is -0.365. The highest BCUT2D eigenvalue weighted by molar-refractivity contribution is 5.82. The fourth-order valence-corrected chi connectivity index (χ4v) is 5.23. The number of hydrogen-bond donors (Lipinski definition) is 0. The van der Waals surface area contributed by atoms with Gasteiger partial charge in [0.25, 0.3) is 0 Å². The Kier molecular flexibility index (Phi) is 6.59. The number of ether oxygens (including phenoxy) is 2. The fourth-order valence-electron chi connectivity index (χ4n) is 5.23. The van der Waals surface area contributed by atoms with Crippen LogP contribution in [-0.2, 0) is 19.1 Å². The van der Waals surface area contributed by atoms with Gasteiger partial charge in [0.1, 0.15) is 6.10 Å². The van der Waals surface area contributed by atoms with Crippen molar-refractivity contribution < 1.29 is 19.1 Å². The fraction of sp³-hybridized carbons (Fsp3) is 0.739. The van der Waals surface area contributed by atoms with E-state index in [0.717, 1.165) is 18.4 Å². The van der Waals surface area contributed by atoms with Crippen molar-refractivity contribution >= 4 is 11.9 Å². The normalized spacial score (nSPS) is 31.4. The third-order valence-electron chi connectivity index (χ3n) is 7.03. The van der Waals surface area contributed by atoms with Crippen LogP contribution in [0.5, 0.6) is 0 Å². The van der Waals surface area contributed by atoms with Gasteiger partial charge >= 0.3 is 11.9 Å². The molecule has 4 atom stereocenters. The zero-order valence-corrected chi connectivity index (χ0v) is 18.1. The van der Waals surface area contributed by atoms with Crippen LogP contribution in [0.1, 0.15) is 73.6 Å². The minimum absolute atomic E-state index is 0.154. The Hall–Kier alpha value is -1.58. The second-order valence-corrected chi connectivity index (χ2v) is 9.31. The topological polar surface area (TPSA) is 52.6 Å². The molecule has 0 aromatic carbocycles. The highest BCUT2D eigenvalue weighted by Crippen LogP contribution is 2.58. The summed E-state index contributed by atoms with van der Waals surface area (Å²) in [7, 11) is 1.38. The Morgan fingerprint density at radius 3 is 2.56 bits per heavy atom. The quantitative estimate of drug-likeness (QED) is 0.375. The van der Waals surface area contributed by atoms with E-state index in [1.54, 1.807) is 0 Å². The molecule has 2 aliphatic carbocycles. The average Bonchev–Trinajstić information content (AvgIpc) is 2.56. The first kappa shape index (κ1) is 21.7. The van der Waals surface area contributed by atoms with Gasteiger partial charge in [0, 0.05) is 24.8 Å². The molecule has 27 heavy (non-hydrogen) atoms. The van der Waals surface area contributed by atoms with E-state index in [2.05, 4.69) is 33.8 Å². The smallest absolute Gasteiger partial charge is 0.330 e. The van der Waals surface area contributed by atoms with Crippen LogP contribution in [0, 0.1) is 22.7 Å². The van der Waals surface area contributed by atoms with Gasteiger partial charge < -0.3 is 9.47 Å². The molecule has 4 heteroatoms. The zero-order valence-electron chi connectivity index (χ0n) is 18.1. The van der Waals surface area contributed by atoms with E-state index in [-0.39, 0.29) is 28.9 Å². The van der Waals surface area contributed by atoms with Crippen molar-refractivity contribution in [2.45, 2.75) is 79.8 Å². The molecule has 4 nitrogen and oxygen atoms in total. The summed E-state index contributed by atoms with van der Waals surface area (Å²) in [6, 6.07) is 0. The molecule has 0 heterocycles. The van der Waals surface area contributed by atoms with Crippen LogP contribution >= 0.6 is 0 Å². The van der Waals surface area contributed by atoms with Crippen LogP contribution in [0.15, 0.2) is 23.3 Å². The van der Waals surface area contributed by atoms with Crippen molar-refractivity contribution in [3.8, 4) is 0 Å². The number of carbonyl (C=O) groups is 2. The van der Waals surface area contributed by atoms with E-state index < -0.39 is 0 Å². The summed E-state index contributed by atoms with van der Waals surface area (Å²) >= 11 is 0. The molecule has 1 saturated carbocycles. The third kappa shape index (κ3) is 4.47. The summed E-state index contributed by atoms with van der Waals surface area (Å²) < 4.78 is 10.7. The van der Waals surface area contributed by atoms with E-state index in [4.69, 9.17) is 9.47 Å². The van der Waals surface area contributed by atoms with Gasteiger partial charge in [-0.25, -0.2) is 4.79 Å². The molecule has 0 aromatic heterocycles. The molecule has 0 spiro atoms. The predicted molar refractivity (Wildman–Crippen MR) is 107 cm³/mol. The Morgan fingerprint density at radius 1 is 1.30 bits per heavy atom. The monoisotopic (exact) mass is 376 g/mol. The van der Waals surface area contributed by atoms with E-state index >= 15 is 0 Å². The van der Waals surface area contributed by atoms with E-state index in [1.807, 2.05) is 6.92 Å². The molecular formula is C23H36O4. The van der Waals surface area contributed by atoms with Gasteiger partial charge in [-0.15, -0.1) is 0 Å². The summed E-state index contributed by atoms with van der Waals surface area (Å²) in [5.41, 5.74) is 2.45. The maximum absolute atomic E-state index is 11.9. The molecule has 152 valence electrons. The van der Waals surface area contributed by atoms with Crippen molar-refractivity contribution in [1.29, 1.82) is 0 Å². The lowest BCUT2D eigenvalue weighted by Gasteiger charge is -2.55. The van der Waals surface area contributed by atoms with Gasteiger partial charge in [0.05, 0.1) is 7.11 Å². The summed E-state index contributed by atoms with van der Waals surface area (Å²) in [4.78, 5) is 23.6. The summed E-state index contributed by atoms with van der Waals surface area (Å²) in [6.07, 6.45) is 8.79. The van der Waals surface area contributed by atoms with E-state index in [1.165, 1.54) is 38.5 Å². The molecular weight excluding hydrogens is 340 g/mol. The standard InChI is InChI=1S/C23H36O4/c1-15(14-21(25)26-7)13-20(27-17(3)24)23(6)16(2)10-11-18-19(23)9-8-12-22(18,4)5/h11,14,16,19-20H,8-10,12-13H2,1-7H3/b15-14+/t16-,19+,20-,23+/m1/s1. The summed E-state index contributed by atoms with van der Waals surface area (Å²) in [5, 5.41) is 0. The predicted octanol–water partition coefficient (Wildman–Crippen LogP) is 5.23. The maximum atomic E-state index is 11.9. The molecule has 0 amide bonds. The third-order valence-corrected chi connectivity index (χ3v) is 7.03. The first-order valence-corrected chi connectivity index (χ1v) is 10.1. The molecule has 0 aliphatic heterocycles. The Labute approximate surface area is 164 Å². The van der Waals surface area contributed by atoms with Gasteiger partial charge in [-0.3, -0.25) is 4.79 Å². The van der Waals surface area contributed by atoms with Crippen LogP contribution in [-0.4, -0.2) is 25.2 Å². The van der Waals surface area contributed by atoms with E-state index in [0.29, 0.717) is 18.3 Å². The number of fused-ring (bicyclic) bond motifs is 1. The number of methoxy groups -OCH3 is 1. The van der Waals surface area contributed by atoms with Crippen molar-refractivity contribution in [3.05, 3.63) is 23.3 Å². The lowest BCUT2D eigenvalue weighted by Crippen LogP contribution is -2.51. The lowest BCUT2D eigenvalue weighted by molar-refractivity contribution is -0.160. The zero-order chi connectivity index (χ0) is 20.4. The molecule has 0 radical (unpaired) electrons. The highest BCUT2D eigenvalue weighted by atomic mass is 16.5. The molecule has 0 aromatic rings. The van der Waals surface area contributed by atoms with Crippen molar-refractivity contribution in [3.63, 3.8) is 0 Å². The Morgan fingerprint density at radius 2 is 1.96 bits per heavy atom. The van der Waals surface area contributed by atoms with Gasteiger partial charge in [-0.1, -0.05) is 51.3 Å². The molecule has 2 aliphatic rings. The second kappa shape index (κ2) is 8.20. The first-order valence-electron chi connectivity index (χ1n) is 10.1. The SMILES string of the molecule is COC(=O)/C=C(\C)C[C@@H](OC(C)=O)[C@@]1(C)[C@H](C)CC=C2[C@@H]1CCCC2(C)C. The molecule has 0 unspecified atom stereocenters. The van der Waals surface area contributed by atoms with Crippen LogP contribution in [0.3, 0.4) is 0 Å².